The number of nitrogens with one attached hydrogen (secondary N) is 1. The van der Waals surface area contributed by atoms with Crippen molar-refractivity contribution in [1.29, 1.82) is 0 Å². The Morgan fingerprint density at radius 3 is 2.31 bits per heavy atom. The molecule has 1 N–H and O–H groups in total. The molecule has 3 aromatic rings. The van der Waals surface area contributed by atoms with E-state index in [0.717, 1.165) is 34.7 Å². The van der Waals surface area contributed by atoms with Crippen molar-refractivity contribution in [2.75, 3.05) is 0 Å². The van der Waals surface area contributed by atoms with E-state index in [1.807, 2.05) is 36.4 Å². The van der Waals surface area contributed by atoms with Crippen LogP contribution in [-0.4, -0.2) is 12.1 Å². The van der Waals surface area contributed by atoms with E-state index in [1.165, 1.54) is 57.1 Å². The summed E-state index contributed by atoms with van der Waals surface area (Å²) in [6.07, 6.45) is 13.1. The van der Waals surface area contributed by atoms with Gasteiger partial charge in [-0.2, -0.15) is 5.10 Å². The van der Waals surface area contributed by atoms with Gasteiger partial charge in [0.15, 0.2) is 0 Å². The van der Waals surface area contributed by atoms with Crippen LogP contribution >= 0.6 is 0 Å². The van der Waals surface area contributed by atoms with Gasteiger partial charge in [0.2, 0.25) is 5.91 Å². The first kappa shape index (κ1) is 26.4. The van der Waals surface area contributed by atoms with Gasteiger partial charge in [0.1, 0.15) is 18.2 Å². The van der Waals surface area contributed by atoms with Gasteiger partial charge in [-0.1, -0.05) is 101 Å². The molecule has 0 heterocycles. The van der Waals surface area contributed by atoms with E-state index < -0.39 is 0 Å². The number of rotatable bonds is 15. The molecule has 5 heteroatoms. The molecule has 0 bridgehead atoms. The number of benzene rings is 3. The van der Waals surface area contributed by atoms with Crippen LogP contribution in [0.1, 0.15) is 82.3 Å². The van der Waals surface area contributed by atoms with Crippen LogP contribution in [-0.2, 0) is 11.4 Å². The molecular weight excluding hydrogens is 439 g/mol. The summed E-state index contributed by atoms with van der Waals surface area (Å²) in [6.45, 7) is 2.55. The van der Waals surface area contributed by atoms with Crippen LogP contribution in [0.3, 0.4) is 0 Å². The van der Waals surface area contributed by atoms with Crippen LogP contribution < -0.4 is 10.2 Å². The Morgan fingerprint density at radius 2 is 1.57 bits per heavy atom. The summed E-state index contributed by atoms with van der Waals surface area (Å²) in [5.74, 6) is 0.314. The molecule has 0 aliphatic rings. The lowest BCUT2D eigenvalue weighted by Crippen LogP contribution is -2.17. The van der Waals surface area contributed by atoms with Gasteiger partial charge in [-0.15, -0.1) is 0 Å². The summed E-state index contributed by atoms with van der Waals surface area (Å²) >= 11 is 0. The summed E-state index contributed by atoms with van der Waals surface area (Å²) < 4.78 is 19.2. The van der Waals surface area contributed by atoms with E-state index in [4.69, 9.17) is 4.74 Å². The number of fused-ring (bicyclic) bond motifs is 1. The van der Waals surface area contributed by atoms with Crippen molar-refractivity contribution in [2.45, 2.75) is 77.7 Å². The average molecular weight is 477 g/mol. The highest BCUT2D eigenvalue weighted by molar-refractivity contribution is 6.02. The Kier molecular flexibility index (Phi) is 11.3. The zero-order valence-corrected chi connectivity index (χ0v) is 20.8. The zero-order valence-electron chi connectivity index (χ0n) is 20.8. The first-order valence-corrected chi connectivity index (χ1v) is 12.9. The predicted molar refractivity (Wildman–Crippen MR) is 142 cm³/mol. The van der Waals surface area contributed by atoms with Gasteiger partial charge in [0.25, 0.3) is 0 Å². The minimum atomic E-state index is -0.273. The second kappa shape index (κ2) is 14.9. The number of hydrogen-bond donors (Lipinski definition) is 1. The predicted octanol–water partition coefficient (Wildman–Crippen LogP) is 7.93. The van der Waals surface area contributed by atoms with Gasteiger partial charge in [-0.3, -0.25) is 4.79 Å². The first-order chi connectivity index (χ1) is 17.2. The summed E-state index contributed by atoms with van der Waals surface area (Å²) in [6, 6.07) is 18.1. The fourth-order valence-electron chi connectivity index (χ4n) is 4.10. The summed E-state index contributed by atoms with van der Waals surface area (Å²) in [4.78, 5) is 12.2. The van der Waals surface area contributed by atoms with Crippen molar-refractivity contribution in [3.8, 4) is 5.75 Å². The molecule has 0 atom stereocenters. The Bertz CT molecular complexity index is 1080. The van der Waals surface area contributed by atoms with Crippen molar-refractivity contribution >= 4 is 22.9 Å². The van der Waals surface area contributed by atoms with Crippen molar-refractivity contribution in [3.05, 3.63) is 77.6 Å². The Balaban J connectivity index is 1.51. The van der Waals surface area contributed by atoms with Crippen LogP contribution in [0.2, 0.25) is 0 Å². The van der Waals surface area contributed by atoms with Gasteiger partial charge in [-0.05, 0) is 41.0 Å². The number of amides is 1. The molecule has 35 heavy (non-hydrogen) atoms. The van der Waals surface area contributed by atoms with Crippen LogP contribution in [0.5, 0.6) is 5.75 Å². The molecular formula is C30H37FN2O2. The second-order valence-corrected chi connectivity index (χ2v) is 8.99. The lowest BCUT2D eigenvalue weighted by Gasteiger charge is -2.12. The van der Waals surface area contributed by atoms with Crippen molar-refractivity contribution in [3.63, 3.8) is 0 Å². The molecule has 4 nitrogen and oxygen atoms in total. The normalized spacial score (nSPS) is 11.3. The molecule has 0 aromatic heterocycles. The fourth-order valence-corrected chi connectivity index (χ4v) is 4.10. The first-order valence-electron chi connectivity index (χ1n) is 12.9. The van der Waals surface area contributed by atoms with E-state index >= 15 is 0 Å². The maximum Gasteiger partial charge on any atom is 0.240 e. The minimum Gasteiger partial charge on any atom is -0.488 e. The van der Waals surface area contributed by atoms with E-state index in [-0.39, 0.29) is 11.7 Å². The SMILES string of the molecule is CCCCCCCCCCCC(=O)NN=Cc1c(OCc2ccc(F)cc2)ccc2ccccc12. The number of carbonyl (C=O) groups is 1. The highest BCUT2D eigenvalue weighted by Crippen LogP contribution is 2.27. The van der Waals surface area contributed by atoms with E-state index in [2.05, 4.69) is 17.5 Å². The number of hydrogen-bond acceptors (Lipinski definition) is 3. The standard InChI is InChI=1S/C30H37FN2O2/c1-2-3-4-5-6-7-8-9-10-15-30(34)33-32-22-28-27-14-12-11-13-25(27)18-21-29(28)35-23-24-16-19-26(31)20-17-24/h11-14,16-22H,2-10,15,23H2,1H3,(H,33,34). The quantitative estimate of drug-likeness (QED) is 0.138. The Morgan fingerprint density at radius 1 is 0.886 bits per heavy atom. The maximum atomic E-state index is 13.2. The number of halogens is 1. The van der Waals surface area contributed by atoms with Crippen molar-refractivity contribution in [1.82, 2.24) is 5.43 Å². The average Bonchev–Trinajstić information content (AvgIpc) is 2.88. The number of nitrogens with zero attached hydrogens (tertiary/aromatic N) is 1. The van der Waals surface area contributed by atoms with Crippen molar-refractivity contribution in [2.24, 2.45) is 5.10 Å². The lowest BCUT2D eigenvalue weighted by atomic mass is 10.0. The van der Waals surface area contributed by atoms with E-state index in [0.29, 0.717) is 18.8 Å². The smallest absolute Gasteiger partial charge is 0.240 e. The fraction of sp³-hybridized carbons (Fsp3) is 0.400. The molecule has 1 amide bonds. The molecule has 186 valence electrons. The van der Waals surface area contributed by atoms with Gasteiger partial charge in [0, 0.05) is 12.0 Å². The monoisotopic (exact) mass is 476 g/mol. The van der Waals surface area contributed by atoms with Gasteiger partial charge < -0.3 is 4.74 Å². The third-order valence-electron chi connectivity index (χ3n) is 6.13. The van der Waals surface area contributed by atoms with Gasteiger partial charge >= 0.3 is 0 Å². The molecule has 3 rings (SSSR count). The summed E-state index contributed by atoms with van der Waals surface area (Å²) in [5.41, 5.74) is 4.33. The largest absolute Gasteiger partial charge is 0.488 e. The van der Waals surface area contributed by atoms with Crippen LogP contribution in [0.25, 0.3) is 10.8 Å². The third-order valence-corrected chi connectivity index (χ3v) is 6.13. The number of ether oxygens (including phenoxy) is 1. The molecule has 0 radical (unpaired) electrons. The van der Waals surface area contributed by atoms with E-state index in [1.54, 1.807) is 18.3 Å². The molecule has 0 fully saturated rings. The van der Waals surface area contributed by atoms with E-state index in [9.17, 15) is 9.18 Å². The summed E-state index contributed by atoms with van der Waals surface area (Å²) in [5, 5.41) is 6.27. The van der Waals surface area contributed by atoms with Gasteiger partial charge in [0.05, 0.1) is 6.21 Å². The number of unbranched alkanes of at least 4 members (excludes halogenated alkanes) is 8. The topological polar surface area (TPSA) is 50.7 Å². The maximum absolute atomic E-state index is 13.2. The second-order valence-electron chi connectivity index (χ2n) is 8.99. The highest BCUT2D eigenvalue weighted by Gasteiger charge is 2.08. The molecule has 0 spiro atoms. The van der Waals surface area contributed by atoms with Crippen LogP contribution in [0, 0.1) is 5.82 Å². The molecule has 0 unspecified atom stereocenters. The third kappa shape index (κ3) is 9.16. The molecule has 0 saturated carbocycles. The Hall–Kier alpha value is -3.21. The van der Waals surface area contributed by atoms with Crippen LogP contribution in [0.4, 0.5) is 4.39 Å². The highest BCUT2D eigenvalue weighted by atomic mass is 19.1. The molecule has 3 aromatic carbocycles. The Labute approximate surface area is 208 Å². The van der Waals surface area contributed by atoms with Gasteiger partial charge in [-0.25, -0.2) is 9.82 Å². The van der Waals surface area contributed by atoms with Crippen LogP contribution in [0.15, 0.2) is 65.8 Å². The molecule has 0 aliphatic heterocycles. The summed E-state index contributed by atoms with van der Waals surface area (Å²) in [7, 11) is 0. The molecule has 0 saturated heterocycles. The lowest BCUT2D eigenvalue weighted by molar-refractivity contribution is -0.121. The number of carbonyl (C=O) groups excluding carboxylic acids is 1. The van der Waals surface area contributed by atoms with Crippen molar-refractivity contribution < 1.29 is 13.9 Å². The number of hydrazone groups is 1. The minimum absolute atomic E-state index is 0.0711. The molecule has 0 aliphatic carbocycles. The zero-order chi connectivity index (χ0) is 24.7.